The molecule has 30 heavy (non-hydrogen) atoms. The summed E-state index contributed by atoms with van der Waals surface area (Å²) in [5.41, 5.74) is 1.88. The Kier molecular flexibility index (Phi) is 8.14. The minimum Gasteiger partial charge on any atom is -0.368 e. The third-order valence-corrected chi connectivity index (χ3v) is 5.77. The number of rotatable bonds is 7. The van der Waals surface area contributed by atoms with Crippen molar-refractivity contribution < 1.29 is 13.2 Å². The van der Waals surface area contributed by atoms with E-state index in [4.69, 9.17) is 34.8 Å². The molecule has 0 heterocycles. The van der Waals surface area contributed by atoms with E-state index in [9.17, 15) is 13.2 Å². The Labute approximate surface area is 189 Å². The first-order chi connectivity index (χ1) is 13.9. The fourth-order valence-corrected chi connectivity index (χ4v) is 3.36. The summed E-state index contributed by atoms with van der Waals surface area (Å²) in [6.07, 6.45) is -1.99. The average molecular weight is 478 g/mol. The monoisotopic (exact) mass is 476 g/mol. The second-order valence-electron chi connectivity index (χ2n) is 7.06. The summed E-state index contributed by atoms with van der Waals surface area (Å²) in [7, 11) is 3.72. The predicted molar refractivity (Wildman–Crippen MR) is 120 cm³/mol. The summed E-state index contributed by atoms with van der Waals surface area (Å²) in [6, 6.07) is 7.75. The molecular formula is C22H22Cl3F3N2. The standard InChI is InChI=1S/C22H22Cl3F3N2/c1-13-9-17(11-20(24)21(13)25)18(22(26,27)28)8-6-15-5-7-16(19(23)10-15)12-29-14(2)30(3)4/h5-11,18,29H,2,12H2,1,3-4H3/b8-6+. The van der Waals surface area contributed by atoms with Crippen molar-refractivity contribution in [2.75, 3.05) is 14.1 Å². The van der Waals surface area contributed by atoms with Crippen LogP contribution in [0.5, 0.6) is 0 Å². The number of alkyl halides is 3. The molecule has 2 aromatic rings. The lowest BCUT2D eigenvalue weighted by atomic mass is 9.95. The molecule has 0 saturated carbocycles. The van der Waals surface area contributed by atoms with Gasteiger partial charge in [0.25, 0.3) is 0 Å². The number of hydrogen-bond donors (Lipinski definition) is 1. The number of hydrogen-bond acceptors (Lipinski definition) is 2. The maximum atomic E-state index is 13.7. The summed E-state index contributed by atoms with van der Waals surface area (Å²) >= 11 is 18.3. The predicted octanol–water partition coefficient (Wildman–Crippen LogP) is 7.44. The molecule has 0 bridgehead atoms. The Morgan fingerprint density at radius 1 is 1.13 bits per heavy atom. The fraction of sp³-hybridized carbons (Fsp3) is 0.273. The van der Waals surface area contributed by atoms with Gasteiger partial charge in [0.05, 0.1) is 21.8 Å². The summed E-state index contributed by atoms with van der Waals surface area (Å²) < 4.78 is 41.0. The first-order valence-electron chi connectivity index (χ1n) is 8.99. The van der Waals surface area contributed by atoms with Crippen LogP contribution in [0.15, 0.2) is 48.8 Å². The van der Waals surface area contributed by atoms with Gasteiger partial charge < -0.3 is 10.2 Å². The van der Waals surface area contributed by atoms with E-state index in [-0.39, 0.29) is 15.6 Å². The number of benzene rings is 2. The van der Waals surface area contributed by atoms with Crippen LogP contribution in [0.3, 0.4) is 0 Å². The van der Waals surface area contributed by atoms with E-state index in [2.05, 4.69) is 11.9 Å². The molecular weight excluding hydrogens is 456 g/mol. The van der Waals surface area contributed by atoms with Crippen LogP contribution in [0.2, 0.25) is 15.1 Å². The second kappa shape index (κ2) is 9.99. The van der Waals surface area contributed by atoms with Gasteiger partial charge in [-0.05, 0) is 41.3 Å². The molecule has 1 atom stereocenters. The van der Waals surface area contributed by atoms with Crippen LogP contribution in [-0.2, 0) is 6.54 Å². The summed E-state index contributed by atoms with van der Waals surface area (Å²) in [5, 5.41) is 3.91. The van der Waals surface area contributed by atoms with Crippen LogP contribution >= 0.6 is 34.8 Å². The quantitative estimate of drug-likeness (QED) is 0.446. The number of allylic oxidation sites excluding steroid dienone is 1. The van der Waals surface area contributed by atoms with Gasteiger partial charge in [0.1, 0.15) is 0 Å². The number of nitrogens with one attached hydrogen (secondary N) is 1. The highest BCUT2D eigenvalue weighted by atomic mass is 35.5. The first-order valence-corrected chi connectivity index (χ1v) is 10.1. The molecule has 0 aliphatic rings. The SMILES string of the molecule is C=C(NCc1ccc(/C=C/C(c2cc(C)c(Cl)c(Cl)c2)C(F)(F)F)cc1Cl)N(C)C. The maximum absolute atomic E-state index is 13.7. The molecule has 1 N–H and O–H groups in total. The van der Waals surface area contributed by atoms with Gasteiger partial charge in [-0.3, -0.25) is 0 Å². The van der Waals surface area contributed by atoms with Crippen LogP contribution < -0.4 is 5.32 Å². The van der Waals surface area contributed by atoms with E-state index in [1.165, 1.54) is 18.2 Å². The Balaban J connectivity index is 2.26. The first kappa shape index (κ1) is 24.4. The average Bonchev–Trinajstić information content (AvgIpc) is 2.64. The van der Waals surface area contributed by atoms with Gasteiger partial charge in [0.2, 0.25) is 0 Å². The minimum absolute atomic E-state index is 0.0276. The van der Waals surface area contributed by atoms with Gasteiger partial charge in [-0.25, -0.2) is 0 Å². The summed E-state index contributed by atoms with van der Waals surface area (Å²) in [4.78, 5) is 1.83. The lowest BCUT2D eigenvalue weighted by Gasteiger charge is -2.19. The van der Waals surface area contributed by atoms with Crippen molar-refractivity contribution in [2.24, 2.45) is 0 Å². The van der Waals surface area contributed by atoms with Crippen LogP contribution in [0.4, 0.5) is 13.2 Å². The van der Waals surface area contributed by atoms with Crippen molar-refractivity contribution in [1.29, 1.82) is 0 Å². The second-order valence-corrected chi connectivity index (χ2v) is 8.25. The van der Waals surface area contributed by atoms with Crippen LogP contribution in [0.25, 0.3) is 6.08 Å². The van der Waals surface area contributed by atoms with Gasteiger partial charge in [-0.1, -0.05) is 71.7 Å². The Bertz CT molecular complexity index is 930. The van der Waals surface area contributed by atoms with Crippen LogP contribution in [-0.4, -0.2) is 25.2 Å². The van der Waals surface area contributed by atoms with E-state index in [1.54, 1.807) is 25.1 Å². The van der Waals surface area contributed by atoms with Gasteiger partial charge >= 0.3 is 6.18 Å². The molecule has 0 aliphatic heterocycles. The molecule has 8 heteroatoms. The molecule has 0 aliphatic carbocycles. The molecule has 2 rings (SSSR count). The zero-order valence-corrected chi connectivity index (χ0v) is 19.0. The molecule has 0 amide bonds. The van der Waals surface area contributed by atoms with Crippen molar-refractivity contribution in [3.8, 4) is 0 Å². The lowest BCUT2D eigenvalue weighted by molar-refractivity contribution is -0.139. The summed E-state index contributed by atoms with van der Waals surface area (Å²) in [6.45, 7) is 5.94. The van der Waals surface area contributed by atoms with Crippen molar-refractivity contribution in [3.05, 3.63) is 86.1 Å². The van der Waals surface area contributed by atoms with Gasteiger partial charge in [-0.2, -0.15) is 13.2 Å². The van der Waals surface area contributed by atoms with Gasteiger partial charge in [0, 0.05) is 25.7 Å². The van der Waals surface area contributed by atoms with E-state index in [0.29, 0.717) is 22.7 Å². The van der Waals surface area contributed by atoms with Crippen molar-refractivity contribution in [1.82, 2.24) is 10.2 Å². The highest BCUT2D eigenvalue weighted by Crippen LogP contribution is 2.39. The van der Waals surface area contributed by atoms with E-state index in [1.807, 2.05) is 19.0 Å². The van der Waals surface area contributed by atoms with E-state index in [0.717, 1.165) is 17.5 Å². The van der Waals surface area contributed by atoms with Crippen molar-refractivity contribution in [2.45, 2.75) is 25.6 Å². The molecule has 0 spiro atoms. The van der Waals surface area contributed by atoms with Crippen LogP contribution in [0, 0.1) is 6.92 Å². The van der Waals surface area contributed by atoms with Gasteiger partial charge in [0.15, 0.2) is 0 Å². The maximum Gasteiger partial charge on any atom is 0.399 e. The van der Waals surface area contributed by atoms with Gasteiger partial charge in [-0.15, -0.1) is 0 Å². The molecule has 0 aromatic heterocycles. The molecule has 1 unspecified atom stereocenters. The van der Waals surface area contributed by atoms with Crippen molar-refractivity contribution >= 4 is 40.9 Å². The molecule has 162 valence electrons. The normalized spacial score (nSPS) is 12.8. The third kappa shape index (κ3) is 6.34. The van der Waals surface area contributed by atoms with Crippen molar-refractivity contribution in [3.63, 3.8) is 0 Å². The lowest BCUT2D eigenvalue weighted by Crippen LogP contribution is -2.24. The number of halogens is 6. The zero-order chi connectivity index (χ0) is 22.6. The minimum atomic E-state index is -4.49. The number of nitrogens with zero attached hydrogens (tertiary/aromatic N) is 1. The Morgan fingerprint density at radius 3 is 2.33 bits per heavy atom. The topological polar surface area (TPSA) is 15.3 Å². The summed E-state index contributed by atoms with van der Waals surface area (Å²) in [5.74, 6) is -1.10. The largest absolute Gasteiger partial charge is 0.399 e. The highest BCUT2D eigenvalue weighted by Gasteiger charge is 2.39. The highest BCUT2D eigenvalue weighted by molar-refractivity contribution is 6.42. The van der Waals surface area contributed by atoms with Crippen LogP contribution in [0.1, 0.15) is 28.2 Å². The zero-order valence-electron chi connectivity index (χ0n) is 16.7. The number of aryl methyl sites for hydroxylation is 1. The Hall–Kier alpha value is -1.82. The Morgan fingerprint density at radius 2 is 1.80 bits per heavy atom. The smallest absolute Gasteiger partial charge is 0.368 e. The molecule has 0 saturated heterocycles. The van der Waals surface area contributed by atoms with E-state index < -0.39 is 12.1 Å². The fourth-order valence-electron chi connectivity index (χ4n) is 2.72. The molecule has 2 aromatic carbocycles. The molecule has 0 fully saturated rings. The van der Waals surface area contributed by atoms with E-state index >= 15 is 0 Å². The molecule has 2 nitrogen and oxygen atoms in total. The third-order valence-electron chi connectivity index (χ3n) is 4.53. The molecule has 0 radical (unpaired) electrons.